The van der Waals surface area contributed by atoms with Gasteiger partial charge in [-0.2, -0.15) is 0 Å². The number of carbonyl (C=O) groups excluding carboxylic acids is 3. The van der Waals surface area contributed by atoms with Crippen molar-refractivity contribution in [3.63, 3.8) is 0 Å². The van der Waals surface area contributed by atoms with Crippen molar-refractivity contribution >= 4 is 42.5 Å². The van der Waals surface area contributed by atoms with Gasteiger partial charge in [-0.05, 0) is 44.0 Å². The van der Waals surface area contributed by atoms with E-state index in [2.05, 4.69) is 16.2 Å². The number of nitrogens with zero attached hydrogens (tertiary/aromatic N) is 4. The Labute approximate surface area is 272 Å². The number of hydrazine groups is 1. The summed E-state index contributed by atoms with van der Waals surface area (Å²) in [5.74, 6) is -4.40. The number of likely N-dealkylation sites (tertiary alicyclic amines) is 1. The first kappa shape index (κ1) is 37.6. The number of aliphatic hydroxyl groups is 2. The fourth-order valence-corrected chi connectivity index (χ4v) is 5.67. The Hall–Kier alpha value is -3.85. The minimum Gasteiger partial charge on any atom is -0.480 e. The maximum Gasteiger partial charge on any atom is 0.475 e. The first-order valence-corrected chi connectivity index (χ1v) is 15.4. The molecule has 0 aromatic heterocycles. The van der Waals surface area contributed by atoms with Gasteiger partial charge in [0.05, 0.1) is 30.8 Å². The highest BCUT2D eigenvalue weighted by Gasteiger charge is 2.38. The molecule has 2 aliphatic heterocycles. The molecule has 3 rings (SSSR count). The van der Waals surface area contributed by atoms with E-state index in [1.165, 1.54) is 36.1 Å². The van der Waals surface area contributed by atoms with Crippen molar-refractivity contribution < 1.29 is 54.4 Å². The predicted octanol–water partition coefficient (Wildman–Crippen LogP) is -3.59. The third-order valence-electron chi connectivity index (χ3n) is 8.20. The molecule has 1 aromatic rings. The summed E-state index contributed by atoms with van der Waals surface area (Å²) in [5, 5.41) is 60.4. The molecule has 0 bridgehead atoms. The average molecular weight is 666 g/mol. The van der Waals surface area contributed by atoms with E-state index in [4.69, 9.17) is 0 Å². The van der Waals surface area contributed by atoms with Crippen molar-refractivity contribution in [3.05, 3.63) is 29.8 Å². The van der Waals surface area contributed by atoms with Crippen LogP contribution in [0.1, 0.15) is 36.5 Å². The summed E-state index contributed by atoms with van der Waals surface area (Å²) in [6.07, 6.45) is -1.21. The molecule has 0 spiro atoms. The summed E-state index contributed by atoms with van der Waals surface area (Å²) in [5.41, 5.74) is 5.78. The largest absolute Gasteiger partial charge is 0.480 e. The zero-order chi connectivity index (χ0) is 34.7. The molecular formula is C28H44BN7O11. The molecule has 2 saturated heterocycles. The lowest BCUT2D eigenvalue weighted by molar-refractivity contribution is -0.140. The van der Waals surface area contributed by atoms with E-state index in [9.17, 15) is 54.4 Å². The Morgan fingerprint density at radius 1 is 0.872 bits per heavy atom. The number of hydrogen-bond acceptors (Lipinski definition) is 13. The van der Waals surface area contributed by atoms with Crippen LogP contribution >= 0.6 is 0 Å². The molecule has 9 N–H and O–H groups in total. The number of aliphatic hydroxyl groups excluding tert-OH is 1. The Morgan fingerprint density at radius 3 is 1.94 bits per heavy atom. The average Bonchev–Trinajstić information content (AvgIpc) is 3.53. The minimum absolute atomic E-state index is 0.201. The van der Waals surface area contributed by atoms with E-state index >= 15 is 0 Å². The van der Waals surface area contributed by atoms with Crippen LogP contribution in [0.4, 0.5) is 5.69 Å². The van der Waals surface area contributed by atoms with Crippen LogP contribution in [-0.4, -0.2) is 170 Å². The van der Waals surface area contributed by atoms with E-state index in [-0.39, 0.29) is 51.3 Å². The van der Waals surface area contributed by atoms with Crippen molar-refractivity contribution in [2.45, 2.75) is 50.5 Å². The van der Waals surface area contributed by atoms with Gasteiger partial charge in [-0.1, -0.05) is 0 Å². The molecule has 0 saturated carbocycles. The van der Waals surface area contributed by atoms with Crippen molar-refractivity contribution in [3.8, 4) is 0 Å². The van der Waals surface area contributed by atoms with Crippen LogP contribution in [0.25, 0.3) is 0 Å². The lowest BCUT2D eigenvalue weighted by atomic mass is 9.78. The Bertz CT molecular complexity index is 1210. The van der Waals surface area contributed by atoms with Gasteiger partial charge in [0.1, 0.15) is 6.04 Å². The van der Waals surface area contributed by atoms with Gasteiger partial charge in [-0.15, -0.1) is 0 Å². The van der Waals surface area contributed by atoms with Gasteiger partial charge in [-0.25, -0.2) is 0 Å². The molecule has 47 heavy (non-hydrogen) atoms. The lowest BCUT2D eigenvalue weighted by Crippen LogP contribution is -2.52. The summed E-state index contributed by atoms with van der Waals surface area (Å²) in [7, 11) is -1.67. The van der Waals surface area contributed by atoms with Crippen molar-refractivity contribution in [1.82, 2.24) is 30.3 Å². The van der Waals surface area contributed by atoms with Crippen molar-refractivity contribution in [1.29, 1.82) is 0 Å². The van der Waals surface area contributed by atoms with E-state index in [1.54, 1.807) is 14.7 Å². The molecule has 1 unspecified atom stereocenters. The summed E-state index contributed by atoms with van der Waals surface area (Å²) >= 11 is 0. The molecule has 2 heterocycles. The van der Waals surface area contributed by atoms with Crippen LogP contribution < -0.4 is 16.2 Å². The number of nitrogens with one attached hydrogen (secondary N) is 3. The number of hydrogen-bond donors (Lipinski definition) is 9. The number of amides is 3. The number of rotatable bonds is 14. The zero-order valence-corrected chi connectivity index (χ0v) is 26.2. The highest BCUT2D eigenvalue weighted by Crippen LogP contribution is 2.19. The molecule has 3 atom stereocenters. The van der Waals surface area contributed by atoms with Crippen LogP contribution in [-0.2, 0) is 19.2 Å². The molecule has 2 aliphatic rings. The highest BCUT2D eigenvalue weighted by molar-refractivity contribution is 6.43. The topological polar surface area (TPSA) is 256 Å². The number of carbonyl (C=O) groups is 5. The smallest absolute Gasteiger partial charge is 0.475 e. The van der Waals surface area contributed by atoms with Gasteiger partial charge < -0.3 is 40.7 Å². The maximum atomic E-state index is 12.8. The molecule has 0 aliphatic carbocycles. The van der Waals surface area contributed by atoms with Crippen LogP contribution in [0.2, 0.25) is 0 Å². The van der Waals surface area contributed by atoms with Crippen LogP contribution in [0.5, 0.6) is 0 Å². The van der Waals surface area contributed by atoms with Crippen LogP contribution in [0.15, 0.2) is 24.3 Å². The Morgan fingerprint density at radius 2 is 1.43 bits per heavy atom. The number of carboxylic acids is 2. The number of benzene rings is 1. The monoisotopic (exact) mass is 665 g/mol. The maximum absolute atomic E-state index is 12.8. The van der Waals surface area contributed by atoms with Gasteiger partial charge in [0.15, 0.2) is 6.29 Å². The Balaban J connectivity index is 1.55. The predicted molar refractivity (Wildman–Crippen MR) is 166 cm³/mol. The number of anilines is 1. The van der Waals surface area contributed by atoms with Gasteiger partial charge in [0.25, 0.3) is 5.91 Å². The van der Waals surface area contributed by atoms with Crippen molar-refractivity contribution in [2.75, 3.05) is 64.3 Å². The van der Waals surface area contributed by atoms with Gasteiger partial charge >= 0.3 is 19.1 Å². The van der Waals surface area contributed by atoms with E-state index in [0.717, 1.165) is 0 Å². The third kappa shape index (κ3) is 11.7. The second-order valence-corrected chi connectivity index (χ2v) is 11.7. The molecular weight excluding hydrogens is 621 g/mol. The molecule has 0 radical (unpaired) electrons. The van der Waals surface area contributed by atoms with E-state index in [0.29, 0.717) is 38.2 Å². The van der Waals surface area contributed by atoms with Gasteiger partial charge in [-0.3, -0.25) is 49.5 Å². The first-order chi connectivity index (χ1) is 22.2. The standard InChI is InChI=1S/C28H44BN7O11/c1-18(27(43)36-8-2-3-22(36)29(46)47)30-26(42)19-4-6-20(7-5-19)31-32-23(37)15-21(28(44)45)35-13-11-33(16-24(38)39)9-10-34(12-14-35)17-25(40)41/h4-7,18,21-22,28,31,44-47H,2-3,8-17H2,1H3,(H,30,42)(H,32,37)(H,38,39)(H,40,41)/t18-,21?,22+/m1/s1. The summed E-state index contributed by atoms with van der Waals surface area (Å²) in [6, 6.07) is 3.95. The van der Waals surface area contributed by atoms with Gasteiger partial charge in [0, 0.05) is 57.8 Å². The summed E-state index contributed by atoms with van der Waals surface area (Å²) < 4.78 is 0. The highest BCUT2D eigenvalue weighted by atomic mass is 16.5. The second-order valence-electron chi connectivity index (χ2n) is 11.7. The van der Waals surface area contributed by atoms with Crippen molar-refractivity contribution in [2.24, 2.45) is 0 Å². The summed E-state index contributed by atoms with van der Waals surface area (Å²) in [4.78, 5) is 67.1. The number of aliphatic carboxylic acids is 2. The van der Waals surface area contributed by atoms with E-state index < -0.39 is 61.1 Å². The SMILES string of the molecule is C[C@@H](NC(=O)c1ccc(NNC(=O)CC(C(O)O)N2CCN(CC(=O)O)CCN(CC(=O)O)CC2)cc1)C(=O)N1CCC[C@H]1B(O)O. The fourth-order valence-electron chi connectivity index (χ4n) is 5.67. The summed E-state index contributed by atoms with van der Waals surface area (Å²) in [6.45, 7) is 2.80. The minimum atomic E-state index is -1.93. The molecule has 260 valence electrons. The quantitative estimate of drug-likeness (QED) is 0.0529. The lowest BCUT2D eigenvalue weighted by Gasteiger charge is -2.33. The van der Waals surface area contributed by atoms with Gasteiger partial charge in [0.2, 0.25) is 11.8 Å². The van der Waals surface area contributed by atoms with E-state index in [1.807, 2.05) is 0 Å². The fraction of sp³-hybridized carbons (Fsp3) is 0.607. The molecule has 18 nitrogen and oxygen atoms in total. The van der Waals surface area contributed by atoms with Crippen LogP contribution in [0, 0.1) is 0 Å². The second kappa shape index (κ2) is 17.9. The molecule has 1 aromatic carbocycles. The Kier molecular flexibility index (Phi) is 14.3. The normalized spacial score (nSPS) is 19.6. The molecule has 2 fully saturated rings. The third-order valence-corrected chi connectivity index (χ3v) is 8.20. The number of carboxylic acid groups (broad SMARTS) is 2. The molecule has 3 amide bonds. The first-order valence-electron chi connectivity index (χ1n) is 15.4. The van der Waals surface area contributed by atoms with Crippen LogP contribution in [0.3, 0.4) is 0 Å². The molecule has 19 heteroatoms. The zero-order valence-electron chi connectivity index (χ0n) is 26.2.